The lowest BCUT2D eigenvalue weighted by Gasteiger charge is -2.27. The van der Waals surface area contributed by atoms with Gasteiger partial charge < -0.3 is 19.4 Å². The molecule has 0 amide bonds. The molecule has 5 heteroatoms. The predicted octanol–water partition coefficient (Wildman–Crippen LogP) is 2.26. The van der Waals surface area contributed by atoms with Crippen LogP contribution in [0.15, 0.2) is 24.5 Å². The Balaban J connectivity index is 1.77. The van der Waals surface area contributed by atoms with Crippen molar-refractivity contribution in [3.63, 3.8) is 0 Å². The van der Waals surface area contributed by atoms with Gasteiger partial charge in [0, 0.05) is 25.5 Å². The van der Waals surface area contributed by atoms with Crippen molar-refractivity contribution in [3.8, 4) is 11.5 Å². The lowest BCUT2D eigenvalue weighted by Crippen LogP contribution is -2.32. The third-order valence-electron chi connectivity index (χ3n) is 4.16. The molecule has 0 saturated carbocycles. The molecule has 1 N–H and O–H groups in total. The SMILES string of the molecule is CCCn1ccnc1C1NCCc2cc3c(cc21)OCO3. The minimum atomic E-state index is 0.129. The van der Waals surface area contributed by atoms with Crippen molar-refractivity contribution in [1.82, 2.24) is 14.9 Å². The van der Waals surface area contributed by atoms with Gasteiger partial charge in [0.15, 0.2) is 11.5 Å². The van der Waals surface area contributed by atoms with Gasteiger partial charge in [-0.1, -0.05) is 6.92 Å². The van der Waals surface area contributed by atoms with Gasteiger partial charge in [0.05, 0.1) is 6.04 Å². The molecule has 1 atom stereocenters. The summed E-state index contributed by atoms with van der Waals surface area (Å²) in [6.07, 6.45) is 6.05. The summed E-state index contributed by atoms with van der Waals surface area (Å²) < 4.78 is 13.3. The number of benzene rings is 1. The fourth-order valence-corrected chi connectivity index (χ4v) is 3.19. The van der Waals surface area contributed by atoms with E-state index in [9.17, 15) is 0 Å². The highest BCUT2D eigenvalue weighted by molar-refractivity contribution is 5.51. The first-order valence-electron chi connectivity index (χ1n) is 7.53. The standard InChI is InChI=1S/C16H19N3O2/c1-2-6-19-7-5-18-16(19)15-12-9-14-13(20-10-21-14)8-11(12)3-4-17-15/h5,7-9,15,17H,2-4,6,10H2,1H3. The minimum Gasteiger partial charge on any atom is -0.454 e. The maximum Gasteiger partial charge on any atom is 0.231 e. The molecule has 2 aromatic rings. The molecule has 2 aliphatic rings. The van der Waals surface area contributed by atoms with Gasteiger partial charge in [0.2, 0.25) is 6.79 Å². The molecule has 3 heterocycles. The number of aryl methyl sites for hydroxylation is 1. The van der Waals surface area contributed by atoms with Gasteiger partial charge in [-0.05, 0) is 36.1 Å². The summed E-state index contributed by atoms with van der Waals surface area (Å²) in [7, 11) is 0. The van der Waals surface area contributed by atoms with Gasteiger partial charge in [-0.25, -0.2) is 4.98 Å². The maximum absolute atomic E-state index is 5.53. The smallest absolute Gasteiger partial charge is 0.231 e. The first-order chi connectivity index (χ1) is 10.4. The van der Waals surface area contributed by atoms with E-state index in [0.29, 0.717) is 6.79 Å². The molecule has 1 aromatic carbocycles. The van der Waals surface area contributed by atoms with Crippen molar-refractivity contribution in [2.45, 2.75) is 32.4 Å². The Labute approximate surface area is 123 Å². The Hall–Kier alpha value is -2.01. The number of hydrogen-bond donors (Lipinski definition) is 1. The van der Waals surface area contributed by atoms with Gasteiger partial charge in [-0.2, -0.15) is 0 Å². The van der Waals surface area contributed by atoms with Crippen molar-refractivity contribution in [1.29, 1.82) is 0 Å². The fraction of sp³-hybridized carbons (Fsp3) is 0.438. The van der Waals surface area contributed by atoms with E-state index in [1.165, 1.54) is 11.1 Å². The molecule has 5 nitrogen and oxygen atoms in total. The molecule has 0 saturated heterocycles. The van der Waals surface area contributed by atoms with Crippen molar-refractivity contribution in [2.75, 3.05) is 13.3 Å². The van der Waals surface area contributed by atoms with Crippen LogP contribution in [0.4, 0.5) is 0 Å². The van der Waals surface area contributed by atoms with Crippen LogP contribution in [-0.2, 0) is 13.0 Å². The fourth-order valence-electron chi connectivity index (χ4n) is 3.19. The zero-order valence-corrected chi connectivity index (χ0v) is 12.1. The number of nitrogens with zero attached hydrogens (tertiary/aromatic N) is 2. The normalized spacial score (nSPS) is 19.6. The lowest BCUT2D eigenvalue weighted by atomic mass is 9.93. The van der Waals surface area contributed by atoms with Gasteiger partial charge in [-0.3, -0.25) is 0 Å². The molecular weight excluding hydrogens is 266 g/mol. The molecule has 110 valence electrons. The van der Waals surface area contributed by atoms with Crippen LogP contribution in [0.5, 0.6) is 11.5 Å². The number of imidazole rings is 1. The van der Waals surface area contributed by atoms with Gasteiger partial charge in [0.1, 0.15) is 5.82 Å². The number of aromatic nitrogens is 2. The second-order valence-electron chi connectivity index (χ2n) is 5.52. The summed E-state index contributed by atoms with van der Waals surface area (Å²) >= 11 is 0. The Bertz CT molecular complexity index is 666. The number of nitrogens with one attached hydrogen (secondary N) is 1. The van der Waals surface area contributed by atoms with Crippen LogP contribution >= 0.6 is 0 Å². The second-order valence-corrected chi connectivity index (χ2v) is 5.52. The van der Waals surface area contributed by atoms with Crippen LogP contribution in [-0.4, -0.2) is 22.9 Å². The predicted molar refractivity (Wildman–Crippen MR) is 78.6 cm³/mol. The number of ether oxygens (including phenoxy) is 2. The Morgan fingerprint density at radius 2 is 2.19 bits per heavy atom. The van der Waals surface area contributed by atoms with E-state index in [4.69, 9.17) is 9.47 Å². The topological polar surface area (TPSA) is 48.3 Å². The molecule has 0 radical (unpaired) electrons. The van der Waals surface area contributed by atoms with E-state index in [1.54, 1.807) is 0 Å². The number of rotatable bonds is 3. The second kappa shape index (κ2) is 5.07. The van der Waals surface area contributed by atoms with E-state index in [1.807, 2.05) is 6.20 Å². The van der Waals surface area contributed by atoms with Crippen molar-refractivity contribution >= 4 is 0 Å². The lowest BCUT2D eigenvalue weighted by molar-refractivity contribution is 0.174. The molecule has 1 unspecified atom stereocenters. The first-order valence-corrected chi connectivity index (χ1v) is 7.53. The van der Waals surface area contributed by atoms with Crippen LogP contribution in [0.2, 0.25) is 0 Å². The zero-order valence-electron chi connectivity index (χ0n) is 12.1. The van der Waals surface area contributed by atoms with Crippen molar-refractivity contribution in [3.05, 3.63) is 41.5 Å². The molecule has 0 bridgehead atoms. The molecule has 0 aliphatic carbocycles. The first kappa shape index (κ1) is 12.7. The van der Waals surface area contributed by atoms with E-state index < -0.39 is 0 Å². The largest absolute Gasteiger partial charge is 0.454 e. The average Bonchev–Trinajstić information content (AvgIpc) is 3.13. The van der Waals surface area contributed by atoms with Crippen molar-refractivity contribution < 1.29 is 9.47 Å². The summed E-state index contributed by atoms with van der Waals surface area (Å²) in [5, 5.41) is 3.59. The summed E-state index contributed by atoms with van der Waals surface area (Å²) in [6, 6.07) is 4.36. The zero-order chi connectivity index (χ0) is 14.2. The van der Waals surface area contributed by atoms with E-state index >= 15 is 0 Å². The highest BCUT2D eigenvalue weighted by Gasteiger charge is 2.28. The highest BCUT2D eigenvalue weighted by Crippen LogP contribution is 2.39. The third kappa shape index (κ3) is 2.08. The summed E-state index contributed by atoms with van der Waals surface area (Å²) in [6.45, 7) is 4.45. The minimum absolute atomic E-state index is 0.129. The Kier molecular flexibility index (Phi) is 3.07. The molecule has 1 aromatic heterocycles. The van der Waals surface area contributed by atoms with Crippen LogP contribution in [0.1, 0.15) is 36.3 Å². The Morgan fingerprint density at radius 3 is 3.05 bits per heavy atom. The monoisotopic (exact) mass is 285 g/mol. The molecule has 0 spiro atoms. The van der Waals surface area contributed by atoms with E-state index in [0.717, 1.165) is 43.3 Å². The number of fused-ring (bicyclic) bond motifs is 2. The third-order valence-corrected chi connectivity index (χ3v) is 4.16. The molecule has 4 rings (SSSR count). The van der Waals surface area contributed by atoms with Gasteiger partial charge >= 0.3 is 0 Å². The summed E-state index contributed by atoms with van der Waals surface area (Å²) in [4.78, 5) is 4.58. The summed E-state index contributed by atoms with van der Waals surface area (Å²) in [5.41, 5.74) is 2.59. The van der Waals surface area contributed by atoms with Crippen LogP contribution in [0.3, 0.4) is 0 Å². The Morgan fingerprint density at radius 1 is 1.33 bits per heavy atom. The highest BCUT2D eigenvalue weighted by atomic mass is 16.7. The van der Waals surface area contributed by atoms with Crippen LogP contribution < -0.4 is 14.8 Å². The molecular formula is C16H19N3O2. The molecule has 21 heavy (non-hydrogen) atoms. The molecule has 2 aliphatic heterocycles. The average molecular weight is 285 g/mol. The van der Waals surface area contributed by atoms with Crippen LogP contribution in [0, 0.1) is 0 Å². The van der Waals surface area contributed by atoms with E-state index in [-0.39, 0.29) is 6.04 Å². The van der Waals surface area contributed by atoms with Crippen LogP contribution in [0.25, 0.3) is 0 Å². The van der Waals surface area contributed by atoms with E-state index in [2.05, 4.69) is 40.1 Å². The molecule has 0 fully saturated rings. The number of hydrogen-bond acceptors (Lipinski definition) is 4. The summed E-state index contributed by atoms with van der Waals surface area (Å²) in [5.74, 6) is 2.79. The maximum atomic E-state index is 5.53. The quantitative estimate of drug-likeness (QED) is 0.939. The van der Waals surface area contributed by atoms with Crippen molar-refractivity contribution in [2.24, 2.45) is 0 Å². The van der Waals surface area contributed by atoms with Gasteiger partial charge in [0.25, 0.3) is 0 Å². The van der Waals surface area contributed by atoms with Gasteiger partial charge in [-0.15, -0.1) is 0 Å².